The number of pyridine rings is 1. The van der Waals surface area contributed by atoms with Gasteiger partial charge >= 0.3 is 6.18 Å². The highest BCUT2D eigenvalue weighted by molar-refractivity contribution is 5.66. The van der Waals surface area contributed by atoms with E-state index >= 15 is 0 Å². The second kappa shape index (κ2) is 8.81. The van der Waals surface area contributed by atoms with Crippen molar-refractivity contribution >= 4 is 34.6 Å². The minimum absolute atomic E-state index is 0.0613. The standard InChI is InChI=1S/C23H21F4N7/c24-16-10-15(23(25,26)27)11-18(12-16)30-22-31-19(14-21(32-22)33-6-2-1-3-7-33)29-17-4-8-34-9-5-28-20(34)13-17/h4-5,8-14H,1-3,6-7H2,(H2,29,30,31,32). The van der Waals surface area contributed by atoms with Crippen LogP contribution in [0, 0.1) is 5.82 Å². The molecule has 11 heteroatoms. The normalized spacial score (nSPS) is 14.4. The number of hydrogen-bond donors (Lipinski definition) is 2. The Morgan fingerprint density at radius 2 is 1.68 bits per heavy atom. The Balaban J connectivity index is 1.49. The molecule has 2 N–H and O–H groups in total. The molecule has 1 fully saturated rings. The average Bonchev–Trinajstić information content (AvgIpc) is 3.26. The predicted molar refractivity (Wildman–Crippen MR) is 121 cm³/mol. The zero-order valence-electron chi connectivity index (χ0n) is 18.0. The number of imidazole rings is 1. The lowest BCUT2D eigenvalue weighted by Gasteiger charge is -2.28. The number of halogens is 4. The van der Waals surface area contributed by atoms with E-state index < -0.39 is 17.6 Å². The molecule has 0 bridgehead atoms. The molecule has 1 aromatic carbocycles. The van der Waals surface area contributed by atoms with Gasteiger partial charge in [0.2, 0.25) is 5.95 Å². The fraction of sp³-hybridized carbons (Fsp3) is 0.261. The fourth-order valence-corrected chi connectivity index (χ4v) is 3.93. The summed E-state index contributed by atoms with van der Waals surface area (Å²) in [5.41, 5.74) is 0.299. The summed E-state index contributed by atoms with van der Waals surface area (Å²) in [5.74, 6) is 0.137. The van der Waals surface area contributed by atoms with Crippen molar-refractivity contribution < 1.29 is 17.6 Å². The van der Waals surface area contributed by atoms with Gasteiger partial charge in [-0.3, -0.25) is 0 Å². The maximum atomic E-state index is 13.9. The molecule has 34 heavy (non-hydrogen) atoms. The van der Waals surface area contributed by atoms with Crippen LogP contribution in [0.3, 0.4) is 0 Å². The Labute approximate surface area is 192 Å². The van der Waals surface area contributed by atoms with Crippen molar-refractivity contribution in [2.24, 2.45) is 0 Å². The fourth-order valence-electron chi connectivity index (χ4n) is 3.93. The summed E-state index contributed by atoms with van der Waals surface area (Å²) in [4.78, 5) is 15.3. The lowest BCUT2D eigenvalue weighted by atomic mass is 10.1. The van der Waals surface area contributed by atoms with Gasteiger partial charge in [-0.25, -0.2) is 9.37 Å². The molecular weight excluding hydrogens is 450 g/mol. The number of aromatic nitrogens is 4. The average molecular weight is 471 g/mol. The molecule has 0 amide bonds. The monoisotopic (exact) mass is 471 g/mol. The van der Waals surface area contributed by atoms with Gasteiger partial charge in [0.05, 0.1) is 5.56 Å². The zero-order valence-corrected chi connectivity index (χ0v) is 18.0. The first kappa shape index (κ1) is 21.9. The van der Waals surface area contributed by atoms with Crippen molar-refractivity contribution in [1.29, 1.82) is 0 Å². The molecule has 5 rings (SSSR count). The summed E-state index contributed by atoms with van der Waals surface area (Å²) in [7, 11) is 0. The number of anilines is 5. The summed E-state index contributed by atoms with van der Waals surface area (Å²) in [5, 5.41) is 5.96. The van der Waals surface area contributed by atoms with Gasteiger partial charge in [-0.05, 0) is 43.5 Å². The molecule has 176 valence electrons. The molecule has 0 atom stereocenters. The highest BCUT2D eigenvalue weighted by atomic mass is 19.4. The van der Waals surface area contributed by atoms with Crippen LogP contribution in [0.1, 0.15) is 24.8 Å². The Hall–Kier alpha value is -3.89. The Bertz CT molecular complexity index is 1310. The van der Waals surface area contributed by atoms with E-state index in [-0.39, 0.29) is 11.6 Å². The van der Waals surface area contributed by atoms with Crippen LogP contribution in [0.5, 0.6) is 0 Å². The van der Waals surface area contributed by atoms with E-state index in [9.17, 15) is 17.6 Å². The first-order valence-electron chi connectivity index (χ1n) is 10.8. The second-order valence-corrected chi connectivity index (χ2v) is 8.07. The van der Waals surface area contributed by atoms with E-state index in [2.05, 4.69) is 30.5 Å². The highest BCUT2D eigenvalue weighted by Gasteiger charge is 2.31. The third kappa shape index (κ3) is 4.87. The van der Waals surface area contributed by atoms with Crippen LogP contribution in [0.2, 0.25) is 0 Å². The van der Waals surface area contributed by atoms with Gasteiger partial charge in [-0.15, -0.1) is 0 Å². The van der Waals surface area contributed by atoms with Gasteiger partial charge in [0.25, 0.3) is 0 Å². The van der Waals surface area contributed by atoms with E-state index in [0.717, 1.165) is 55.8 Å². The van der Waals surface area contributed by atoms with Crippen molar-refractivity contribution in [2.45, 2.75) is 25.4 Å². The maximum absolute atomic E-state index is 13.9. The van der Waals surface area contributed by atoms with Gasteiger partial charge in [-0.1, -0.05) is 0 Å². The smallest absolute Gasteiger partial charge is 0.356 e. The van der Waals surface area contributed by atoms with Crippen LogP contribution in [0.4, 0.5) is 46.5 Å². The number of benzene rings is 1. The van der Waals surface area contributed by atoms with Gasteiger partial charge in [0, 0.05) is 55.2 Å². The quantitative estimate of drug-likeness (QED) is 0.361. The van der Waals surface area contributed by atoms with Crippen LogP contribution >= 0.6 is 0 Å². The molecule has 4 heterocycles. The van der Waals surface area contributed by atoms with Gasteiger partial charge in [-0.2, -0.15) is 23.1 Å². The molecule has 0 radical (unpaired) electrons. The van der Waals surface area contributed by atoms with Crippen LogP contribution in [-0.4, -0.2) is 32.4 Å². The number of alkyl halides is 3. The number of fused-ring (bicyclic) bond motifs is 1. The van der Waals surface area contributed by atoms with Gasteiger partial charge < -0.3 is 19.9 Å². The minimum Gasteiger partial charge on any atom is -0.356 e. The van der Waals surface area contributed by atoms with E-state index in [1.165, 1.54) is 0 Å². The van der Waals surface area contributed by atoms with Crippen molar-refractivity contribution in [3.8, 4) is 0 Å². The molecule has 1 aliphatic heterocycles. The second-order valence-electron chi connectivity index (χ2n) is 8.07. The molecule has 0 saturated carbocycles. The Morgan fingerprint density at radius 3 is 2.47 bits per heavy atom. The Kier molecular flexibility index (Phi) is 5.68. The molecule has 3 aromatic heterocycles. The van der Waals surface area contributed by atoms with Crippen molar-refractivity contribution in [2.75, 3.05) is 28.6 Å². The van der Waals surface area contributed by atoms with Gasteiger partial charge in [0.15, 0.2) is 0 Å². The number of nitrogens with zero attached hydrogens (tertiary/aromatic N) is 5. The molecule has 4 aromatic rings. The SMILES string of the molecule is Fc1cc(Nc2nc(Nc3ccn4ccnc4c3)cc(N3CCCCC3)n2)cc(C(F)(F)F)c1. The van der Waals surface area contributed by atoms with E-state index in [1.807, 2.05) is 28.9 Å². The first-order valence-corrected chi connectivity index (χ1v) is 10.8. The zero-order chi connectivity index (χ0) is 23.7. The molecule has 0 aliphatic carbocycles. The number of nitrogens with one attached hydrogen (secondary N) is 2. The number of rotatable bonds is 5. The first-order chi connectivity index (χ1) is 16.3. The summed E-state index contributed by atoms with van der Waals surface area (Å²) in [6.07, 6.45) is 3.86. The topological polar surface area (TPSA) is 70.4 Å². The van der Waals surface area contributed by atoms with E-state index in [1.54, 1.807) is 12.3 Å². The summed E-state index contributed by atoms with van der Waals surface area (Å²) in [6, 6.07) is 7.75. The molecule has 0 unspecified atom stereocenters. The molecule has 0 spiro atoms. The van der Waals surface area contributed by atoms with E-state index in [4.69, 9.17) is 0 Å². The number of hydrogen-bond acceptors (Lipinski definition) is 6. The summed E-state index contributed by atoms with van der Waals surface area (Å²) < 4.78 is 55.2. The highest BCUT2D eigenvalue weighted by Crippen LogP contribution is 2.33. The molecule has 1 aliphatic rings. The van der Waals surface area contributed by atoms with Crippen LogP contribution in [-0.2, 0) is 6.18 Å². The molecule has 7 nitrogen and oxygen atoms in total. The van der Waals surface area contributed by atoms with Gasteiger partial charge in [0.1, 0.15) is 23.1 Å². The van der Waals surface area contributed by atoms with Crippen LogP contribution in [0.25, 0.3) is 5.65 Å². The lowest BCUT2D eigenvalue weighted by Crippen LogP contribution is -2.30. The largest absolute Gasteiger partial charge is 0.416 e. The van der Waals surface area contributed by atoms with Crippen molar-refractivity contribution in [3.05, 3.63) is 66.4 Å². The predicted octanol–water partition coefficient (Wildman–Crippen LogP) is 5.76. The molecule has 1 saturated heterocycles. The third-order valence-electron chi connectivity index (χ3n) is 5.54. The van der Waals surface area contributed by atoms with E-state index in [0.29, 0.717) is 17.7 Å². The maximum Gasteiger partial charge on any atom is 0.416 e. The van der Waals surface area contributed by atoms with Crippen molar-refractivity contribution in [3.63, 3.8) is 0 Å². The summed E-state index contributed by atoms with van der Waals surface area (Å²) >= 11 is 0. The third-order valence-corrected chi connectivity index (χ3v) is 5.54. The lowest BCUT2D eigenvalue weighted by molar-refractivity contribution is -0.137. The van der Waals surface area contributed by atoms with Crippen LogP contribution in [0.15, 0.2) is 55.0 Å². The minimum atomic E-state index is -4.67. The Morgan fingerprint density at radius 1 is 0.853 bits per heavy atom. The van der Waals surface area contributed by atoms with Crippen molar-refractivity contribution in [1.82, 2.24) is 19.4 Å². The van der Waals surface area contributed by atoms with Crippen LogP contribution < -0.4 is 15.5 Å². The summed E-state index contributed by atoms with van der Waals surface area (Å²) in [6.45, 7) is 1.63. The molecular formula is C23H21F4N7. The number of piperidine rings is 1.